The van der Waals surface area contributed by atoms with Crippen molar-refractivity contribution in [3.63, 3.8) is 0 Å². The van der Waals surface area contributed by atoms with Gasteiger partial charge in [-0.3, -0.25) is 0 Å². The average Bonchev–Trinajstić information content (AvgIpc) is 2.23. The van der Waals surface area contributed by atoms with Crippen molar-refractivity contribution in [2.24, 2.45) is 5.41 Å². The van der Waals surface area contributed by atoms with Gasteiger partial charge >= 0.3 is 6.18 Å². The van der Waals surface area contributed by atoms with Crippen molar-refractivity contribution in [1.82, 2.24) is 0 Å². The molecule has 2 rings (SSSR count). The number of fused-ring (bicyclic) bond motifs is 1. The molecule has 0 saturated carbocycles. The lowest BCUT2D eigenvalue weighted by Crippen LogP contribution is -2.16. The zero-order valence-electron chi connectivity index (χ0n) is 11.8. The van der Waals surface area contributed by atoms with Crippen molar-refractivity contribution in [1.29, 1.82) is 0 Å². The summed E-state index contributed by atoms with van der Waals surface area (Å²) >= 11 is 0. The van der Waals surface area contributed by atoms with E-state index in [9.17, 15) is 13.2 Å². The van der Waals surface area contributed by atoms with E-state index >= 15 is 0 Å². The van der Waals surface area contributed by atoms with Crippen LogP contribution in [-0.2, 0) is 6.42 Å². The fourth-order valence-corrected chi connectivity index (χ4v) is 2.24. The maximum Gasteiger partial charge on any atom is 0.417 e. The number of halogens is 3. The minimum Gasteiger partial charge on any atom is -0.457 e. The van der Waals surface area contributed by atoms with E-state index < -0.39 is 11.7 Å². The Morgan fingerprint density at radius 2 is 1.80 bits per heavy atom. The molecule has 108 valence electrons. The van der Waals surface area contributed by atoms with E-state index in [1.54, 1.807) is 12.1 Å². The Morgan fingerprint density at radius 3 is 2.35 bits per heavy atom. The van der Waals surface area contributed by atoms with Gasteiger partial charge < -0.3 is 4.74 Å². The van der Waals surface area contributed by atoms with Crippen molar-refractivity contribution in [3.05, 3.63) is 47.7 Å². The number of ether oxygens (including phenoxy) is 1. The first kappa shape index (κ1) is 14.7. The van der Waals surface area contributed by atoms with Crippen LogP contribution in [0.25, 0.3) is 5.57 Å². The molecule has 1 heterocycles. The van der Waals surface area contributed by atoms with Crippen LogP contribution in [0.5, 0.6) is 5.75 Å². The molecule has 0 atom stereocenters. The number of hydrogen-bond donors (Lipinski definition) is 0. The van der Waals surface area contributed by atoms with Crippen LogP contribution < -0.4 is 4.74 Å². The summed E-state index contributed by atoms with van der Waals surface area (Å²) in [5.74, 6) is 0.240. The number of allylic oxidation sites excluding steroid dienone is 2. The van der Waals surface area contributed by atoms with Crippen LogP contribution in [0.4, 0.5) is 13.2 Å². The molecule has 20 heavy (non-hydrogen) atoms. The van der Waals surface area contributed by atoms with Crippen LogP contribution in [0.1, 0.15) is 31.9 Å². The highest BCUT2D eigenvalue weighted by molar-refractivity contribution is 5.78. The van der Waals surface area contributed by atoms with Crippen LogP contribution in [0.15, 0.2) is 36.6 Å². The molecule has 0 radical (unpaired) electrons. The maximum atomic E-state index is 13.0. The second-order valence-electron chi connectivity index (χ2n) is 6.19. The lowest BCUT2D eigenvalue weighted by molar-refractivity contribution is -0.0694. The van der Waals surface area contributed by atoms with Crippen LogP contribution in [0, 0.1) is 5.41 Å². The molecular weight excluding hydrogens is 265 g/mol. The van der Waals surface area contributed by atoms with Crippen molar-refractivity contribution in [2.45, 2.75) is 33.4 Å². The SMILES string of the molecule is C=C1C=C(C(F)(F)F)c2ccc(CC(C)(C)C)cc2O1. The van der Waals surface area contributed by atoms with E-state index in [0.29, 0.717) is 0 Å². The third-order valence-electron chi connectivity index (χ3n) is 2.92. The smallest absolute Gasteiger partial charge is 0.417 e. The highest BCUT2D eigenvalue weighted by atomic mass is 19.4. The third kappa shape index (κ3) is 3.24. The van der Waals surface area contributed by atoms with E-state index in [4.69, 9.17) is 4.74 Å². The Bertz CT molecular complexity index is 574. The molecule has 0 amide bonds. The Hall–Kier alpha value is -1.71. The minimum atomic E-state index is -4.41. The predicted molar refractivity (Wildman–Crippen MR) is 73.4 cm³/mol. The van der Waals surface area contributed by atoms with Crippen molar-refractivity contribution >= 4 is 5.57 Å². The van der Waals surface area contributed by atoms with E-state index in [0.717, 1.165) is 18.1 Å². The molecule has 0 spiro atoms. The van der Waals surface area contributed by atoms with Crippen molar-refractivity contribution in [3.8, 4) is 5.75 Å². The molecule has 0 saturated heterocycles. The molecule has 0 fully saturated rings. The predicted octanol–water partition coefficient (Wildman–Crippen LogP) is 5.13. The molecule has 0 N–H and O–H groups in total. The van der Waals surface area contributed by atoms with Crippen LogP contribution in [-0.4, -0.2) is 6.18 Å². The average molecular weight is 282 g/mol. The summed E-state index contributed by atoms with van der Waals surface area (Å²) in [4.78, 5) is 0. The summed E-state index contributed by atoms with van der Waals surface area (Å²) in [6.07, 6.45) is -2.71. The van der Waals surface area contributed by atoms with E-state index in [1.165, 1.54) is 6.07 Å². The summed E-state index contributed by atoms with van der Waals surface area (Å²) in [5, 5.41) is 0. The largest absolute Gasteiger partial charge is 0.457 e. The van der Waals surface area contributed by atoms with Gasteiger partial charge in [0.1, 0.15) is 11.5 Å². The fraction of sp³-hybridized carbons (Fsp3) is 0.375. The Labute approximate surface area is 116 Å². The first-order chi connectivity index (χ1) is 9.06. The summed E-state index contributed by atoms with van der Waals surface area (Å²) in [6, 6.07) is 4.87. The summed E-state index contributed by atoms with van der Waals surface area (Å²) in [6.45, 7) is 9.71. The van der Waals surface area contributed by atoms with Gasteiger partial charge in [-0.25, -0.2) is 0 Å². The topological polar surface area (TPSA) is 9.23 Å². The molecule has 1 nitrogen and oxygen atoms in total. The molecule has 0 aromatic heterocycles. The highest BCUT2D eigenvalue weighted by Gasteiger charge is 2.38. The van der Waals surface area contributed by atoms with Gasteiger partial charge in [0.2, 0.25) is 0 Å². The van der Waals surface area contributed by atoms with Crippen molar-refractivity contribution < 1.29 is 17.9 Å². The van der Waals surface area contributed by atoms with Gasteiger partial charge in [-0.15, -0.1) is 0 Å². The molecule has 0 unspecified atom stereocenters. The fourth-order valence-electron chi connectivity index (χ4n) is 2.24. The second kappa shape index (κ2) is 4.69. The van der Waals surface area contributed by atoms with Gasteiger partial charge in [0.05, 0.1) is 5.57 Å². The third-order valence-corrected chi connectivity index (χ3v) is 2.92. The summed E-state index contributed by atoms with van der Waals surface area (Å²) < 4.78 is 44.3. The molecule has 4 heteroatoms. The summed E-state index contributed by atoms with van der Waals surface area (Å²) in [5.41, 5.74) is 0.379. The van der Waals surface area contributed by atoms with Gasteiger partial charge in [-0.1, -0.05) is 39.5 Å². The van der Waals surface area contributed by atoms with Crippen LogP contribution in [0.2, 0.25) is 0 Å². The normalized spacial score (nSPS) is 15.5. The molecule has 1 aromatic carbocycles. The maximum absolute atomic E-state index is 13.0. The van der Waals surface area contributed by atoms with Crippen LogP contribution >= 0.6 is 0 Å². The monoisotopic (exact) mass is 282 g/mol. The van der Waals surface area contributed by atoms with E-state index in [1.807, 2.05) is 0 Å². The number of benzene rings is 1. The zero-order valence-corrected chi connectivity index (χ0v) is 11.8. The van der Waals surface area contributed by atoms with Gasteiger partial charge in [0.15, 0.2) is 0 Å². The van der Waals surface area contributed by atoms with E-state index in [-0.39, 0.29) is 22.5 Å². The first-order valence-electron chi connectivity index (χ1n) is 6.35. The molecule has 0 bridgehead atoms. The number of hydrogen-bond acceptors (Lipinski definition) is 1. The number of rotatable bonds is 1. The standard InChI is InChI=1S/C16H17F3O/c1-10-7-13(16(17,18)19)12-6-5-11(8-14(12)20-10)9-15(2,3)4/h5-8H,1,9H2,2-4H3. The van der Waals surface area contributed by atoms with Gasteiger partial charge in [0, 0.05) is 5.56 Å². The Morgan fingerprint density at radius 1 is 1.15 bits per heavy atom. The van der Waals surface area contributed by atoms with Gasteiger partial charge in [-0.2, -0.15) is 13.2 Å². The Balaban J connectivity index is 2.44. The second-order valence-corrected chi connectivity index (χ2v) is 6.19. The number of alkyl halides is 3. The minimum absolute atomic E-state index is 0.0118. The van der Waals surface area contributed by atoms with E-state index in [2.05, 4.69) is 27.4 Å². The van der Waals surface area contributed by atoms with Crippen LogP contribution in [0.3, 0.4) is 0 Å². The molecular formula is C16H17F3O. The quantitative estimate of drug-likeness (QED) is 0.694. The highest BCUT2D eigenvalue weighted by Crippen LogP contribution is 2.43. The van der Waals surface area contributed by atoms with Gasteiger partial charge in [-0.05, 0) is 29.5 Å². The lowest BCUT2D eigenvalue weighted by atomic mass is 9.87. The molecule has 1 aromatic rings. The Kier molecular flexibility index (Phi) is 3.44. The lowest BCUT2D eigenvalue weighted by Gasteiger charge is -2.24. The zero-order chi connectivity index (χ0) is 15.1. The molecule has 1 aliphatic rings. The molecule has 0 aliphatic carbocycles. The first-order valence-corrected chi connectivity index (χ1v) is 6.35. The molecule has 1 aliphatic heterocycles. The van der Waals surface area contributed by atoms with Gasteiger partial charge in [0.25, 0.3) is 0 Å². The summed E-state index contributed by atoms with van der Waals surface area (Å²) in [7, 11) is 0. The van der Waals surface area contributed by atoms with Crippen molar-refractivity contribution in [2.75, 3.05) is 0 Å².